The second kappa shape index (κ2) is 8.00. The Morgan fingerprint density at radius 2 is 1.67 bits per heavy atom. The Morgan fingerprint density at radius 1 is 1.04 bits per heavy atom. The number of phenolic OH excluding ortho intramolecular Hbond substituents is 1. The molecule has 4 nitrogen and oxygen atoms in total. The molecular weight excluding hydrogens is 357 g/mol. The lowest BCUT2D eigenvalue weighted by Crippen LogP contribution is -2.25. The number of hydrogen-bond donors (Lipinski definition) is 1. The number of hydrogen-bond acceptors (Lipinski definition) is 4. The molecule has 144 valence electrons. The molecule has 0 amide bonds. The van der Waals surface area contributed by atoms with Gasteiger partial charge in [-0.05, 0) is 50.2 Å². The van der Waals surface area contributed by atoms with Gasteiger partial charge >= 0.3 is 0 Å². The van der Waals surface area contributed by atoms with Gasteiger partial charge in [0.1, 0.15) is 11.4 Å². The molecule has 0 radical (unpaired) electrons. The molecule has 0 unspecified atom stereocenters. The largest absolute Gasteiger partial charge is 0.507 e. The second-order valence-corrected chi connectivity index (χ2v) is 6.50. The van der Waals surface area contributed by atoms with Crippen molar-refractivity contribution in [3.8, 4) is 17.0 Å². The molecule has 2 aromatic carbocycles. The summed E-state index contributed by atoms with van der Waals surface area (Å²) >= 11 is 0. The van der Waals surface area contributed by atoms with Crippen molar-refractivity contribution in [3.63, 3.8) is 0 Å². The van der Waals surface area contributed by atoms with Crippen LogP contribution >= 0.6 is 0 Å². The summed E-state index contributed by atoms with van der Waals surface area (Å²) in [6.45, 7) is 6.34. The molecule has 0 fully saturated rings. The Morgan fingerprint density at radius 3 is 2.26 bits per heavy atom. The van der Waals surface area contributed by atoms with Gasteiger partial charge in [-0.25, -0.2) is 13.2 Å². The number of fused-ring (bicyclic) bond motifs is 1. The molecular formula is C20H21F3N2O2. The van der Waals surface area contributed by atoms with Gasteiger partial charge in [0, 0.05) is 12.1 Å². The quantitative estimate of drug-likeness (QED) is 0.571. The van der Waals surface area contributed by atoms with Crippen LogP contribution < -0.4 is 0 Å². The number of phenols is 1. The van der Waals surface area contributed by atoms with E-state index in [1.54, 1.807) is 6.07 Å². The summed E-state index contributed by atoms with van der Waals surface area (Å²) in [4.78, 5) is 2.19. The first-order valence-electron chi connectivity index (χ1n) is 8.93. The molecule has 1 aromatic heterocycles. The van der Waals surface area contributed by atoms with Crippen LogP contribution in [-0.4, -0.2) is 28.3 Å². The van der Waals surface area contributed by atoms with Crippen LogP contribution in [0.4, 0.5) is 13.2 Å². The van der Waals surface area contributed by atoms with Crippen LogP contribution in [0.15, 0.2) is 28.8 Å². The number of rotatable bonds is 7. The van der Waals surface area contributed by atoms with Gasteiger partial charge in [0.25, 0.3) is 0 Å². The number of aromatic nitrogens is 1. The van der Waals surface area contributed by atoms with Gasteiger partial charge in [-0.2, -0.15) is 0 Å². The van der Waals surface area contributed by atoms with Crippen molar-refractivity contribution in [2.24, 2.45) is 0 Å². The molecule has 0 aliphatic heterocycles. The summed E-state index contributed by atoms with van der Waals surface area (Å²) < 4.78 is 45.8. The molecule has 3 rings (SSSR count). The molecule has 3 aromatic rings. The van der Waals surface area contributed by atoms with Crippen LogP contribution in [0.25, 0.3) is 22.2 Å². The van der Waals surface area contributed by atoms with E-state index < -0.39 is 17.5 Å². The lowest BCUT2D eigenvalue weighted by molar-refractivity contribution is 0.262. The molecule has 0 bridgehead atoms. The average molecular weight is 378 g/mol. The highest BCUT2D eigenvalue weighted by molar-refractivity contribution is 5.94. The average Bonchev–Trinajstić information content (AvgIpc) is 3.06. The van der Waals surface area contributed by atoms with E-state index in [2.05, 4.69) is 23.9 Å². The predicted octanol–water partition coefficient (Wildman–Crippen LogP) is 5.24. The Balaban J connectivity index is 2.07. The number of benzene rings is 2. The minimum atomic E-state index is -1.53. The molecule has 0 saturated heterocycles. The van der Waals surface area contributed by atoms with Crippen molar-refractivity contribution in [1.82, 2.24) is 10.1 Å². The molecule has 0 saturated carbocycles. The van der Waals surface area contributed by atoms with Gasteiger partial charge in [0.2, 0.25) is 0 Å². The normalized spacial score (nSPS) is 11.6. The van der Waals surface area contributed by atoms with Crippen molar-refractivity contribution in [1.29, 1.82) is 0 Å². The Kier molecular flexibility index (Phi) is 5.70. The molecule has 0 spiro atoms. The van der Waals surface area contributed by atoms with E-state index in [4.69, 9.17) is 4.52 Å². The fourth-order valence-electron chi connectivity index (χ4n) is 3.23. The molecule has 0 aliphatic rings. The fraction of sp³-hybridized carbons (Fsp3) is 0.350. The van der Waals surface area contributed by atoms with E-state index in [-0.39, 0.29) is 17.0 Å². The second-order valence-electron chi connectivity index (χ2n) is 6.50. The molecule has 1 N–H and O–H groups in total. The van der Waals surface area contributed by atoms with Crippen LogP contribution in [0, 0.1) is 17.5 Å². The van der Waals surface area contributed by atoms with Gasteiger partial charge in [-0.1, -0.05) is 19.0 Å². The van der Waals surface area contributed by atoms with E-state index >= 15 is 0 Å². The Bertz CT molecular complexity index is 927. The third kappa shape index (κ3) is 3.78. The molecule has 1 heterocycles. The highest BCUT2D eigenvalue weighted by Crippen LogP contribution is 2.35. The van der Waals surface area contributed by atoms with Gasteiger partial charge in [-0.15, -0.1) is 0 Å². The monoisotopic (exact) mass is 378 g/mol. The van der Waals surface area contributed by atoms with E-state index in [1.807, 2.05) is 0 Å². The van der Waals surface area contributed by atoms with Crippen LogP contribution in [0.1, 0.15) is 32.3 Å². The maximum Gasteiger partial charge on any atom is 0.194 e. The summed E-state index contributed by atoms with van der Waals surface area (Å²) in [6.07, 6.45) is 1.93. The van der Waals surface area contributed by atoms with Gasteiger partial charge in [-0.3, -0.25) is 4.90 Å². The first-order chi connectivity index (χ1) is 13.0. The van der Waals surface area contributed by atoms with Crippen LogP contribution in [0.3, 0.4) is 0 Å². The Hall–Kier alpha value is -2.54. The summed E-state index contributed by atoms with van der Waals surface area (Å²) in [5.41, 5.74) is 1.19. The lowest BCUT2D eigenvalue weighted by Gasteiger charge is -2.21. The maximum absolute atomic E-state index is 13.6. The standard InChI is InChI=1S/C20H21F3N2O2/c1-3-7-25(8-4-2)11-14-17(26)6-5-13-19(24-27-20(13)14)12-9-15(21)18(23)16(22)10-12/h5-6,9-10,26H,3-4,7-8,11H2,1-2H3. The zero-order chi connectivity index (χ0) is 19.6. The molecule has 27 heavy (non-hydrogen) atoms. The summed E-state index contributed by atoms with van der Waals surface area (Å²) in [5, 5.41) is 14.7. The van der Waals surface area contributed by atoms with Crippen molar-refractivity contribution < 1.29 is 22.8 Å². The summed E-state index contributed by atoms with van der Waals surface area (Å²) in [7, 11) is 0. The smallest absolute Gasteiger partial charge is 0.194 e. The summed E-state index contributed by atoms with van der Waals surface area (Å²) in [5.74, 6) is -4.05. The van der Waals surface area contributed by atoms with E-state index in [0.717, 1.165) is 38.1 Å². The highest BCUT2D eigenvalue weighted by Gasteiger charge is 2.20. The Labute approximate surface area is 155 Å². The number of aromatic hydroxyl groups is 1. The van der Waals surface area contributed by atoms with Crippen molar-refractivity contribution in [2.75, 3.05) is 13.1 Å². The SMILES string of the molecule is CCCN(CCC)Cc1c(O)ccc2c(-c3cc(F)c(F)c(F)c3)noc12. The van der Waals surface area contributed by atoms with Crippen molar-refractivity contribution >= 4 is 11.0 Å². The zero-order valence-electron chi connectivity index (χ0n) is 15.2. The lowest BCUT2D eigenvalue weighted by atomic mass is 10.0. The number of nitrogens with zero attached hydrogens (tertiary/aromatic N) is 2. The highest BCUT2D eigenvalue weighted by atomic mass is 19.2. The minimum absolute atomic E-state index is 0.0684. The van der Waals surface area contributed by atoms with Crippen LogP contribution in [0.2, 0.25) is 0 Å². The van der Waals surface area contributed by atoms with Crippen molar-refractivity contribution in [2.45, 2.75) is 33.2 Å². The summed E-state index contributed by atoms with van der Waals surface area (Å²) in [6, 6.07) is 4.83. The van der Waals surface area contributed by atoms with Crippen LogP contribution in [-0.2, 0) is 6.54 Å². The van der Waals surface area contributed by atoms with Gasteiger partial charge in [0.05, 0.1) is 10.9 Å². The van der Waals surface area contributed by atoms with Gasteiger partial charge in [0.15, 0.2) is 23.0 Å². The van der Waals surface area contributed by atoms with E-state index in [0.29, 0.717) is 23.1 Å². The third-order valence-electron chi connectivity index (χ3n) is 4.44. The predicted molar refractivity (Wildman–Crippen MR) is 96.8 cm³/mol. The maximum atomic E-state index is 13.6. The minimum Gasteiger partial charge on any atom is -0.507 e. The third-order valence-corrected chi connectivity index (χ3v) is 4.44. The fourth-order valence-corrected chi connectivity index (χ4v) is 3.23. The first kappa shape index (κ1) is 19.2. The number of halogens is 3. The van der Waals surface area contributed by atoms with Gasteiger partial charge < -0.3 is 9.63 Å². The molecule has 0 aliphatic carbocycles. The van der Waals surface area contributed by atoms with Crippen molar-refractivity contribution in [3.05, 3.63) is 47.3 Å². The van der Waals surface area contributed by atoms with E-state index in [9.17, 15) is 18.3 Å². The zero-order valence-corrected chi connectivity index (χ0v) is 15.2. The molecule has 7 heteroatoms. The first-order valence-corrected chi connectivity index (χ1v) is 8.93. The van der Waals surface area contributed by atoms with E-state index in [1.165, 1.54) is 6.07 Å². The topological polar surface area (TPSA) is 49.5 Å². The van der Waals surface area contributed by atoms with Crippen LogP contribution in [0.5, 0.6) is 5.75 Å². The molecule has 0 atom stereocenters.